The minimum Gasteiger partial charge on any atom is -0.348 e. The Hall–Kier alpha value is -0.880. The third kappa shape index (κ3) is 4.31. The molecule has 0 saturated heterocycles. The Balaban J connectivity index is 2.00. The fourth-order valence-electron chi connectivity index (χ4n) is 1.74. The number of nitrogens with one attached hydrogen (secondary N) is 1. The first kappa shape index (κ1) is 14.5. The molecule has 0 atom stereocenters. The summed E-state index contributed by atoms with van der Waals surface area (Å²) in [5.41, 5.74) is 3.01. The molecule has 2 aromatic carbocycles. The van der Waals surface area contributed by atoms with Crippen LogP contribution in [0.4, 0.5) is 0 Å². The molecule has 0 aliphatic rings. The number of amides is 1. The molecule has 19 heavy (non-hydrogen) atoms. The van der Waals surface area contributed by atoms with Crippen molar-refractivity contribution in [1.82, 2.24) is 5.32 Å². The molecule has 4 heteroatoms. The number of alkyl halides is 1. The van der Waals surface area contributed by atoms with Crippen LogP contribution in [0.5, 0.6) is 0 Å². The number of hydrogen-bond donors (Lipinski definition) is 1. The van der Waals surface area contributed by atoms with Crippen molar-refractivity contribution in [2.45, 2.75) is 11.9 Å². The zero-order valence-corrected chi connectivity index (χ0v) is 13.9. The van der Waals surface area contributed by atoms with E-state index in [0.717, 1.165) is 14.5 Å². The lowest BCUT2D eigenvalue weighted by Gasteiger charge is -2.07. The number of rotatable bonds is 4. The van der Waals surface area contributed by atoms with Crippen molar-refractivity contribution in [3.8, 4) is 0 Å². The molecule has 0 aromatic heterocycles. The van der Waals surface area contributed by atoms with Crippen LogP contribution in [-0.2, 0) is 11.9 Å². The standard InChI is InChI=1S/C15H13BrINO/c16-9-11-3-1-4-12(7-11)10-18-15(19)13-5-2-6-14(17)8-13/h1-8H,9-10H2,(H,18,19). The second-order valence-electron chi connectivity index (χ2n) is 4.15. The summed E-state index contributed by atoms with van der Waals surface area (Å²) in [5.74, 6) is -0.0391. The van der Waals surface area contributed by atoms with Crippen LogP contribution in [0, 0.1) is 3.57 Å². The van der Waals surface area contributed by atoms with E-state index in [1.807, 2.05) is 36.4 Å². The van der Waals surface area contributed by atoms with E-state index >= 15 is 0 Å². The van der Waals surface area contributed by atoms with Gasteiger partial charge in [-0.05, 0) is 51.9 Å². The highest BCUT2D eigenvalue weighted by Gasteiger charge is 2.05. The summed E-state index contributed by atoms with van der Waals surface area (Å²) in [6.45, 7) is 0.547. The second kappa shape index (κ2) is 7.05. The van der Waals surface area contributed by atoms with Gasteiger partial charge in [-0.25, -0.2) is 0 Å². The topological polar surface area (TPSA) is 29.1 Å². The zero-order chi connectivity index (χ0) is 13.7. The lowest BCUT2D eigenvalue weighted by molar-refractivity contribution is 0.0951. The molecule has 1 N–H and O–H groups in total. The Kier molecular flexibility index (Phi) is 5.39. The van der Waals surface area contributed by atoms with Crippen LogP contribution in [0.3, 0.4) is 0 Å². The summed E-state index contributed by atoms with van der Waals surface area (Å²) in [5, 5.41) is 3.76. The average Bonchev–Trinajstić information content (AvgIpc) is 2.45. The highest BCUT2D eigenvalue weighted by Crippen LogP contribution is 2.10. The Labute approximate surface area is 134 Å². The first-order valence-electron chi connectivity index (χ1n) is 5.86. The smallest absolute Gasteiger partial charge is 0.251 e. The van der Waals surface area contributed by atoms with Gasteiger partial charge in [0.2, 0.25) is 0 Å². The van der Waals surface area contributed by atoms with Crippen LogP contribution in [0.25, 0.3) is 0 Å². The largest absolute Gasteiger partial charge is 0.348 e. The lowest BCUT2D eigenvalue weighted by atomic mass is 10.1. The van der Waals surface area contributed by atoms with Gasteiger partial charge in [-0.2, -0.15) is 0 Å². The van der Waals surface area contributed by atoms with Crippen molar-refractivity contribution in [3.63, 3.8) is 0 Å². The van der Waals surface area contributed by atoms with Crippen LogP contribution in [0.1, 0.15) is 21.5 Å². The van der Waals surface area contributed by atoms with Crippen molar-refractivity contribution in [2.75, 3.05) is 0 Å². The van der Waals surface area contributed by atoms with Gasteiger partial charge >= 0.3 is 0 Å². The molecule has 0 bridgehead atoms. The van der Waals surface area contributed by atoms with E-state index in [0.29, 0.717) is 12.1 Å². The van der Waals surface area contributed by atoms with Crippen LogP contribution in [0.15, 0.2) is 48.5 Å². The minimum absolute atomic E-state index is 0.0391. The lowest BCUT2D eigenvalue weighted by Crippen LogP contribution is -2.22. The van der Waals surface area contributed by atoms with Gasteiger partial charge in [0, 0.05) is 21.0 Å². The highest BCUT2D eigenvalue weighted by molar-refractivity contribution is 14.1. The molecular formula is C15H13BrINO. The van der Waals surface area contributed by atoms with Crippen LogP contribution in [-0.4, -0.2) is 5.91 Å². The van der Waals surface area contributed by atoms with Gasteiger partial charge in [0.1, 0.15) is 0 Å². The molecule has 0 aliphatic heterocycles. The van der Waals surface area contributed by atoms with E-state index in [1.54, 1.807) is 0 Å². The van der Waals surface area contributed by atoms with Gasteiger partial charge < -0.3 is 5.32 Å². The quantitative estimate of drug-likeness (QED) is 0.575. The molecule has 2 nitrogen and oxygen atoms in total. The fraction of sp³-hybridized carbons (Fsp3) is 0.133. The Bertz CT molecular complexity index is 586. The van der Waals surface area contributed by atoms with Crippen molar-refractivity contribution in [2.24, 2.45) is 0 Å². The Morgan fingerprint density at radius 3 is 2.58 bits per heavy atom. The molecule has 0 radical (unpaired) electrons. The Morgan fingerprint density at radius 2 is 1.84 bits per heavy atom. The predicted molar refractivity (Wildman–Crippen MR) is 89.4 cm³/mol. The molecule has 0 aliphatic carbocycles. The van der Waals surface area contributed by atoms with E-state index in [2.05, 4.69) is 56.0 Å². The van der Waals surface area contributed by atoms with Crippen molar-refractivity contribution in [3.05, 3.63) is 68.8 Å². The van der Waals surface area contributed by atoms with E-state index in [-0.39, 0.29) is 5.91 Å². The monoisotopic (exact) mass is 429 g/mol. The van der Waals surface area contributed by atoms with Crippen LogP contribution in [0.2, 0.25) is 0 Å². The maximum Gasteiger partial charge on any atom is 0.251 e. The van der Waals surface area contributed by atoms with Gasteiger partial charge in [-0.1, -0.05) is 46.3 Å². The molecule has 98 valence electrons. The average molecular weight is 430 g/mol. The van der Waals surface area contributed by atoms with Gasteiger partial charge in [0.05, 0.1) is 0 Å². The fourth-order valence-corrected chi connectivity index (χ4v) is 2.63. The first-order chi connectivity index (χ1) is 9.19. The molecule has 0 unspecified atom stereocenters. The first-order valence-corrected chi connectivity index (χ1v) is 8.06. The number of benzene rings is 2. The maximum atomic E-state index is 12.0. The summed E-state index contributed by atoms with van der Waals surface area (Å²) in [4.78, 5) is 12.0. The zero-order valence-electron chi connectivity index (χ0n) is 10.2. The molecule has 0 spiro atoms. The third-order valence-electron chi connectivity index (χ3n) is 2.69. The summed E-state index contributed by atoms with van der Waals surface area (Å²) >= 11 is 5.63. The molecule has 0 saturated carbocycles. The van der Waals surface area contributed by atoms with Crippen molar-refractivity contribution < 1.29 is 4.79 Å². The minimum atomic E-state index is -0.0391. The van der Waals surface area contributed by atoms with Gasteiger partial charge in [-0.15, -0.1) is 0 Å². The summed E-state index contributed by atoms with van der Waals surface area (Å²) < 4.78 is 1.06. The van der Waals surface area contributed by atoms with Gasteiger partial charge in [0.25, 0.3) is 5.91 Å². The van der Waals surface area contributed by atoms with Crippen molar-refractivity contribution in [1.29, 1.82) is 0 Å². The SMILES string of the molecule is O=C(NCc1cccc(CBr)c1)c1cccc(I)c1. The number of carbonyl (C=O) groups is 1. The van der Waals surface area contributed by atoms with Crippen molar-refractivity contribution >= 4 is 44.4 Å². The predicted octanol–water partition coefficient (Wildman–Crippen LogP) is 4.12. The summed E-state index contributed by atoms with van der Waals surface area (Å²) in [6, 6.07) is 15.7. The molecule has 0 heterocycles. The van der Waals surface area contributed by atoms with Crippen LogP contribution >= 0.6 is 38.5 Å². The van der Waals surface area contributed by atoms with E-state index in [1.165, 1.54) is 5.56 Å². The van der Waals surface area contributed by atoms with Crippen LogP contribution < -0.4 is 5.32 Å². The third-order valence-corrected chi connectivity index (χ3v) is 4.00. The molecule has 2 rings (SSSR count). The van der Waals surface area contributed by atoms with E-state index in [4.69, 9.17) is 0 Å². The normalized spacial score (nSPS) is 10.2. The number of halogens is 2. The number of hydrogen-bond acceptors (Lipinski definition) is 1. The molecular weight excluding hydrogens is 417 g/mol. The maximum absolute atomic E-state index is 12.0. The van der Waals surface area contributed by atoms with E-state index < -0.39 is 0 Å². The van der Waals surface area contributed by atoms with Gasteiger partial charge in [-0.3, -0.25) is 4.79 Å². The second-order valence-corrected chi connectivity index (χ2v) is 5.95. The molecule has 0 fully saturated rings. The summed E-state index contributed by atoms with van der Waals surface area (Å²) in [6.07, 6.45) is 0. The molecule has 2 aromatic rings. The molecule has 1 amide bonds. The summed E-state index contributed by atoms with van der Waals surface area (Å²) in [7, 11) is 0. The Morgan fingerprint density at radius 1 is 1.11 bits per heavy atom. The highest BCUT2D eigenvalue weighted by atomic mass is 127. The number of carbonyl (C=O) groups excluding carboxylic acids is 1. The van der Waals surface area contributed by atoms with E-state index in [9.17, 15) is 4.79 Å². The van der Waals surface area contributed by atoms with Gasteiger partial charge in [0.15, 0.2) is 0 Å².